The van der Waals surface area contributed by atoms with Gasteiger partial charge < -0.3 is 19.9 Å². The van der Waals surface area contributed by atoms with Crippen molar-refractivity contribution in [3.63, 3.8) is 0 Å². The van der Waals surface area contributed by atoms with Crippen molar-refractivity contribution in [2.45, 2.75) is 24.8 Å². The largest absolute Gasteiger partial charge is 0.464 e. The Hall–Kier alpha value is -0.650. The molecule has 2 N–H and O–H groups in total. The number of carbonyl (C=O) groups excluding carboxylic acids is 1. The Labute approximate surface area is 95.2 Å². The van der Waals surface area contributed by atoms with Crippen molar-refractivity contribution in [1.82, 2.24) is 0 Å². The molecule has 0 radical (unpaired) electrons. The lowest BCUT2D eigenvalue weighted by Crippen LogP contribution is -2.53. The molecule has 16 heavy (non-hydrogen) atoms. The molecule has 5 nitrogen and oxygen atoms in total. The maximum absolute atomic E-state index is 11.8. The third-order valence-corrected chi connectivity index (χ3v) is 3.27. The van der Waals surface area contributed by atoms with Crippen molar-refractivity contribution in [2.24, 2.45) is 11.7 Å². The number of ether oxygens (including phenoxy) is 3. The third kappa shape index (κ3) is 2.72. The summed E-state index contributed by atoms with van der Waals surface area (Å²) in [4.78, 5) is 11.8. The van der Waals surface area contributed by atoms with E-state index in [2.05, 4.69) is 0 Å². The molecule has 1 unspecified atom stereocenters. The zero-order valence-electron chi connectivity index (χ0n) is 9.44. The van der Waals surface area contributed by atoms with E-state index in [1.807, 2.05) is 0 Å². The highest BCUT2D eigenvalue weighted by molar-refractivity contribution is 5.80. The van der Waals surface area contributed by atoms with Crippen LogP contribution in [0.2, 0.25) is 0 Å². The van der Waals surface area contributed by atoms with Crippen molar-refractivity contribution in [1.29, 1.82) is 0 Å². The molecule has 2 aliphatic heterocycles. The van der Waals surface area contributed by atoms with E-state index in [0.29, 0.717) is 45.2 Å². The second-order valence-corrected chi connectivity index (χ2v) is 4.60. The van der Waals surface area contributed by atoms with Gasteiger partial charge in [0.05, 0.1) is 13.2 Å². The zero-order valence-corrected chi connectivity index (χ0v) is 9.44. The summed E-state index contributed by atoms with van der Waals surface area (Å²) in [5.74, 6) is 0.0510. The molecule has 2 aliphatic rings. The normalized spacial score (nSPS) is 28.9. The minimum Gasteiger partial charge on any atom is -0.464 e. The Bertz CT molecular complexity index is 244. The molecule has 2 rings (SSSR count). The average Bonchev–Trinajstić information content (AvgIpc) is 2.79. The van der Waals surface area contributed by atoms with Crippen LogP contribution in [-0.4, -0.2) is 44.5 Å². The summed E-state index contributed by atoms with van der Waals surface area (Å²) in [6.45, 7) is 2.96. The summed E-state index contributed by atoms with van der Waals surface area (Å²) in [5, 5.41) is 0. The first-order valence-electron chi connectivity index (χ1n) is 5.82. The Morgan fingerprint density at radius 2 is 2.06 bits per heavy atom. The van der Waals surface area contributed by atoms with Gasteiger partial charge in [0.1, 0.15) is 5.54 Å². The van der Waals surface area contributed by atoms with E-state index in [4.69, 9.17) is 19.9 Å². The summed E-state index contributed by atoms with van der Waals surface area (Å²) in [6.07, 6.45) is 2.06. The van der Waals surface area contributed by atoms with Gasteiger partial charge in [-0.3, -0.25) is 4.79 Å². The first kappa shape index (κ1) is 11.8. The Morgan fingerprint density at radius 3 is 2.69 bits per heavy atom. The molecule has 1 atom stereocenters. The molecule has 0 bridgehead atoms. The fourth-order valence-corrected chi connectivity index (χ4v) is 1.99. The van der Waals surface area contributed by atoms with Crippen molar-refractivity contribution in [3.8, 4) is 0 Å². The summed E-state index contributed by atoms with van der Waals surface area (Å²) < 4.78 is 15.7. The van der Waals surface area contributed by atoms with Crippen molar-refractivity contribution >= 4 is 5.97 Å². The number of esters is 1. The predicted octanol–water partition coefficient (Wildman–Crippen LogP) is 0.0740. The van der Waals surface area contributed by atoms with Crippen molar-refractivity contribution in [2.75, 3.05) is 33.0 Å². The van der Waals surface area contributed by atoms with E-state index in [1.54, 1.807) is 0 Å². The minimum absolute atomic E-state index is 0.289. The topological polar surface area (TPSA) is 70.8 Å². The van der Waals surface area contributed by atoms with Crippen molar-refractivity contribution in [3.05, 3.63) is 0 Å². The van der Waals surface area contributed by atoms with Crippen molar-refractivity contribution < 1.29 is 19.0 Å². The molecule has 2 fully saturated rings. The summed E-state index contributed by atoms with van der Waals surface area (Å²) in [5.41, 5.74) is 5.17. The molecule has 0 saturated carbocycles. The van der Waals surface area contributed by atoms with E-state index in [-0.39, 0.29) is 5.97 Å². The van der Waals surface area contributed by atoms with Gasteiger partial charge in [0.2, 0.25) is 0 Å². The molecule has 92 valence electrons. The van der Waals surface area contributed by atoms with Gasteiger partial charge in [0, 0.05) is 25.7 Å². The van der Waals surface area contributed by atoms with Gasteiger partial charge >= 0.3 is 5.97 Å². The van der Waals surface area contributed by atoms with E-state index in [0.717, 1.165) is 13.0 Å². The quantitative estimate of drug-likeness (QED) is 0.694. The lowest BCUT2D eigenvalue weighted by atomic mass is 9.91. The zero-order chi connectivity index (χ0) is 11.4. The van der Waals surface area contributed by atoms with Gasteiger partial charge in [-0.25, -0.2) is 0 Å². The maximum Gasteiger partial charge on any atom is 0.326 e. The van der Waals surface area contributed by atoms with Crippen LogP contribution in [0.3, 0.4) is 0 Å². The molecule has 0 aromatic rings. The number of hydrogen-bond donors (Lipinski definition) is 1. The molecule has 0 spiro atoms. The standard InChI is InChI=1S/C11H19NO4/c12-11(2-5-14-6-3-11)10(13)16-8-9-1-4-15-7-9/h9H,1-8,12H2. The number of hydrogen-bond acceptors (Lipinski definition) is 5. The highest BCUT2D eigenvalue weighted by Gasteiger charge is 2.37. The fourth-order valence-electron chi connectivity index (χ4n) is 1.99. The molecular weight excluding hydrogens is 210 g/mol. The van der Waals surface area contributed by atoms with E-state index < -0.39 is 5.54 Å². The Morgan fingerprint density at radius 1 is 1.31 bits per heavy atom. The molecule has 0 aromatic carbocycles. The lowest BCUT2D eigenvalue weighted by Gasteiger charge is -2.31. The van der Waals surface area contributed by atoms with Crippen LogP contribution in [0.4, 0.5) is 0 Å². The molecule has 5 heteroatoms. The van der Waals surface area contributed by atoms with Crippen LogP contribution in [0, 0.1) is 5.92 Å². The highest BCUT2D eigenvalue weighted by Crippen LogP contribution is 2.20. The molecule has 0 aromatic heterocycles. The van der Waals surface area contributed by atoms with Crippen LogP contribution >= 0.6 is 0 Å². The first-order chi connectivity index (χ1) is 7.71. The van der Waals surface area contributed by atoms with Crippen LogP contribution in [0.1, 0.15) is 19.3 Å². The highest BCUT2D eigenvalue weighted by atomic mass is 16.5. The molecular formula is C11H19NO4. The van der Waals surface area contributed by atoms with Crippen LogP contribution in [-0.2, 0) is 19.0 Å². The van der Waals surface area contributed by atoms with Crippen LogP contribution in [0.25, 0.3) is 0 Å². The van der Waals surface area contributed by atoms with Crippen LogP contribution < -0.4 is 5.73 Å². The number of nitrogens with two attached hydrogens (primary N) is 1. The first-order valence-corrected chi connectivity index (χ1v) is 5.82. The minimum atomic E-state index is -0.836. The second-order valence-electron chi connectivity index (χ2n) is 4.60. The van der Waals surface area contributed by atoms with E-state index in [9.17, 15) is 4.79 Å². The van der Waals surface area contributed by atoms with Gasteiger partial charge in [-0.1, -0.05) is 0 Å². The van der Waals surface area contributed by atoms with Gasteiger partial charge in [-0.05, 0) is 19.3 Å². The Balaban J connectivity index is 1.77. The SMILES string of the molecule is NC1(C(=O)OCC2CCOC2)CCOCC1. The Kier molecular flexibility index (Phi) is 3.78. The number of carbonyl (C=O) groups is 1. The molecule has 0 aliphatic carbocycles. The summed E-state index contributed by atoms with van der Waals surface area (Å²) in [7, 11) is 0. The van der Waals surface area contributed by atoms with E-state index >= 15 is 0 Å². The number of rotatable bonds is 3. The smallest absolute Gasteiger partial charge is 0.326 e. The fraction of sp³-hybridized carbons (Fsp3) is 0.909. The molecule has 0 amide bonds. The second kappa shape index (κ2) is 5.12. The van der Waals surface area contributed by atoms with Gasteiger partial charge in [0.15, 0.2) is 0 Å². The van der Waals surface area contributed by atoms with Crippen LogP contribution in [0.5, 0.6) is 0 Å². The third-order valence-electron chi connectivity index (χ3n) is 3.27. The van der Waals surface area contributed by atoms with Crippen LogP contribution in [0.15, 0.2) is 0 Å². The van der Waals surface area contributed by atoms with Gasteiger partial charge in [0.25, 0.3) is 0 Å². The monoisotopic (exact) mass is 229 g/mol. The van der Waals surface area contributed by atoms with Gasteiger partial charge in [-0.2, -0.15) is 0 Å². The van der Waals surface area contributed by atoms with E-state index in [1.165, 1.54) is 0 Å². The average molecular weight is 229 g/mol. The summed E-state index contributed by atoms with van der Waals surface area (Å²) in [6, 6.07) is 0. The molecule has 2 heterocycles. The lowest BCUT2D eigenvalue weighted by molar-refractivity contribution is -0.155. The molecule has 2 saturated heterocycles. The van der Waals surface area contributed by atoms with Gasteiger partial charge in [-0.15, -0.1) is 0 Å². The maximum atomic E-state index is 11.8. The summed E-state index contributed by atoms with van der Waals surface area (Å²) >= 11 is 0. The predicted molar refractivity (Wildman–Crippen MR) is 56.9 cm³/mol.